The van der Waals surface area contributed by atoms with Crippen LogP contribution in [0.2, 0.25) is 0 Å². The Labute approximate surface area is 121 Å². The Bertz CT molecular complexity index is 634. The highest BCUT2D eigenvalue weighted by Gasteiger charge is 2.21. The van der Waals surface area contributed by atoms with Crippen LogP contribution in [0.5, 0.6) is 5.75 Å². The van der Waals surface area contributed by atoms with Crippen LogP contribution < -0.4 is 15.2 Å². The first-order valence-electron chi connectivity index (χ1n) is 6.09. The summed E-state index contributed by atoms with van der Waals surface area (Å²) in [5, 5.41) is 7.30. The molecule has 1 aromatic rings. The van der Waals surface area contributed by atoms with Crippen molar-refractivity contribution in [2.75, 3.05) is 6.61 Å². The largest absolute Gasteiger partial charge is 0.481 e. The summed E-state index contributed by atoms with van der Waals surface area (Å²) in [5.74, 6) is -4.23. The molecule has 0 saturated heterocycles. The van der Waals surface area contributed by atoms with Gasteiger partial charge in [0.25, 0.3) is 5.91 Å². The Hall–Kier alpha value is -1.74. The molecule has 0 fully saturated rings. The molecule has 0 aromatic heterocycles. The van der Waals surface area contributed by atoms with Crippen molar-refractivity contribution in [2.45, 2.75) is 31.2 Å². The molecule has 0 bridgehead atoms. The summed E-state index contributed by atoms with van der Waals surface area (Å²) in [7, 11) is -4.37. The number of hydrogen-bond donors (Lipinski definition) is 2. The number of carbonyl (C=O) groups is 1. The van der Waals surface area contributed by atoms with E-state index in [1.165, 1.54) is 0 Å². The van der Waals surface area contributed by atoms with E-state index in [2.05, 4.69) is 5.32 Å². The molecule has 9 heteroatoms. The monoisotopic (exact) mass is 322 g/mol. The molecule has 0 aliphatic carbocycles. The summed E-state index contributed by atoms with van der Waals surface area (Å²) in [5.41, 5.74) is 0. The summed E-state index contributed by atoms with van der Waals surface area (Å²) in [6.07, 6.45) is 0.706. The van der Waals surface area contributed by atoms with Gasteiger partial charge in [-0.2, -0.15) is 4.39 Å². The Morgan fingerprint density at radius 3 is 2.52 bits per heavy atom. The molecule has 6 nitrogen and oxygen atoms in total. The average molecular weight is 322 g/mol. The Balaban J connectivity index is 2.83. The fourth-order valence-corrected chi connectivity index (χ4v) is 2.00. The zero-order chi connectivity index (χ0) is 16.2. The lowest BCUT2D eigenvalue weighted by molar-refractivity contribution is -0.123. The summed E-state index contributed by atoms with van der Waals surface area (Å²) in [6, 6.07) is 1.59. The topological polar surface area (TPSA) is 98.5 Å². The van der Waals surface area contributed by atoms with Crippen molar-refractivity contribution in [2.24, 2.45) is 5.14 Å². The number of sulfonamides is 1. The lowest BCUT2D eigenvalue weighted by Gasteiger charge is -2.13. The van der Waals surface area contributed by atoms with E-state index in [1.54, 1.807) is 6.92 Å². The number of nitrogens with two attached hydrogens (primary N) is 1. The summed E-state index contributed by atoms with van der Waals surface area (Å²) in [6.45, 7) is 3.13. The van der Waals surface area contributed by atoms with Gasteiger partial charge in [0.05, 0.1) is 0 Å². The third kappa shape index (κ3) is 4.64. The van der Waals surface area contributed by atoms with E-state index < -0.39 is 44.8 Å². The minimum atomic E-state index is -4.37. The molecule has 0 saturated carbocycles. The van der Waals surface area contributed by atoms with Crippen LogP contribution in [0.25, 0.3) is 0 Å². The molecule has 118 valence electrons. The van der Waals surface area contributed by atoms with Crippen LogP contribution in [0.3, 0.4) is 0 Å². The molecule has 3 N–H and O–H groups in total. The van der Waals surface area contributed by atoms with Crippen LogP contribution >= 0.6 is 0 Å². The Morgan fingerprint density at radius 1 is 1.38 bits per heavy atom. The fraction of sp³-hybridized carbons (Fsp3) is 0.417. The van der Waals surface area contributed by atoms with Gasteiger partial charge in [0, 0.05) is 6.04 Å². The Kier molecular flexibility index (Phi) is 5.62. The minimum Gasteiger partial charge on any atom is -0.481 e. The van der Waals surface area contributed by atoms with E-state index in [9.17, 15) is 22.0 Å². The zero-order valence-electron chi connectivity index (χ0n) is 11.5. The van der Waals surface area contributed by atoms with Crippen LogP contribution in [0.4, 0.5) is 8.78 Å². The highest BCUT2D eigenvalue weighted by atomic mass is 32.2. The van der Waals surface area contributed by atoms with E-state index in [4.69, 9.17) is 9.88 Å². The number of amides is 1. The molecule has 0 heterocycles. The lowest BCUT2D eigenvalue weighted by atomic mass is 10.2. The predicted octanol–water partition coefficient (Wildman–Crippen LogP) is 0.906. The number of nitrogens with one attached hydrogen (secondary N) is 1. The van der Waals surface area contributed by atoms with Gasteiger partial charge in [-0.1, -0.05) is 6.92 Å². The Morgan fingerprint density at radius 2 is 2.00 bits per heavy atom. The zero-order valence-corrected chi connectivity index (χ0v) is 12.3. The molecule has 1 aromatic carbocycles. The quantitative estimate of drug-likeness (QED) is 0.813. The molecule has 0 radical (unpaired) electrons. The van der Waals surface area contributed by atoms with Crippen molar-refractivity contribution in [3.05, 3.63) is 23.8 Å². The first-order chi connectivity index (χ1) is 9.66. The van der Waals surface area contributed by atoms with E-state index in [-0.39, 0.29) is 6.04 Å². The number of primary sulfonamides is 1. The third-order valence-electron chi connectivity index (χ3n) is 2.70. The number of carbonyl (C=O) groups excluding carboxylic acids is 1. The lowest BCUT2D eigenvalue weighted by Crippen LogP contribution is -2.35. The molecule has 0 spiro atoms. The molecule has 21 heavy (non-hydrogen) atoms. The van der Waals surface area contributed by atoms with Crippen molar-refractivity contribution in [3.63, 3.8) is 0 Å². The maximum absolute atomic E-state index is 13.6. The van der Waals surface area contributed by atoms with Crippen molar-refractivity contribution in [1.82, 2.24) is 5.32 Å². The van der Waals surface area contributed by atoms with Crippen molar-refractivity contribution >= 4 is 15.9 Å². The standard InChI is InChI=1S/C12H16F2N2O4S/c1-3-7(2)16-10(17)6-20-8-4-5-9(21(15,18)19)12(14)11(8)13/h4-5,7H,3,6H2,1-2H3,(H,16,17)(H2,15,18,19). The fourth-order valence-electron chi connectivity index (χ4n) is 1.41. The molecule has 1 rings (SSSR count). The second kappa shape index (κ2) is 6.81. The predicted molar refractivity (Wildman–Crippen MR) is 71.1 cm³/mol. The molecule has 1 amide bonds. The normalized spacial score (nSPS) is 12.8. The van der Waals surface area contributed by atoms with Gasteiger partial charge in [0.15, 0.2) is 18.2 Å². The molecule has 0 aliphatic rings. The van der Waals surface area contributed by atoms with Gasteiger partial charge in [0.1, 0.15) is 4.90 Å². The average Bonchev–Trinajstić information content (AvgIpc) is 2.38. The van der Waals surface area contributed by atoms with E-state index in [0.717, 1.165) is 12.1 Å². The molecular formula is C12H16F2N2O4S. The maximum Gasteiger partial charge on any atom is 0.258 e. The van der Waals surface area contributed by atoms with Gasteiger partial charge in [-0.25, -0.2) is 17.9 Å². The second-order valence-electron chi connectivity index (χ2n) is 4.40. The number of ether oxygens (including phenoxy) is 1. The highest BCUT2D eigenvalue weighted by molar-refractivity contribution is 7.89. The van der Waals surface area contributed by atoms with Crippen molar-refractivity contribution < 1.29 is 26.7 Å². The van der Waals surface area contributed by atoms with Gasteiger partial charge >= 0.3 is 0 Å². The number of rotatable bonds is 6. The van der Waals surface area contributed by atoms with Gasteiger partial charge in [-0.05, 0) is 25.5 Å². The number of hydrogen-bond acceptors (Lipinski definition) is 4. The maximum atomic E-state index is 13.6. The summed E-state index contributed by atoms with van der Waals surface area (Å²) >= 11 is 0. The van der Waals surface area contributed by atoms with Crippen LogP contribution in [0.1, 0.15) is 20.3 Å². The van der Waals surface area contributed by atoms with Crippen LogP contribution in [0.15, 0.2) is 17.0 Å². The van der Waals surface area contributed by atoms with Crippen molar-refractivity contribution in [1.29, 1.82) is 0 Å². The summed E-state index contributed by atoms with van der Waals surface area (Å²) < 4.78 is 54.0. The van der Waals surface area contributed by atoms with E-state index in [1.807, 2.05) is 6.92 Å². The van der Waals surface area contributed by atoms with Crippen molar-refractivity contribution in [3.8, 4) is 5.75 Å². The second-order valence-corrected chi connectivity index (χ2v) is 5.93. The number of benzene rings is 1. The highest BCUT2D eigenvalue weighted by Crippen LogP contribution is 2.24. The van der Waals surface area contributed by atoms with Crippen LogP contribution in [-0.4, -0.2) is 27.0 Å². The van der Waals surface area contributed by atoms with Crippen LogP contribution in [-0.2, 0) is 14.8 Å². The molecular weight excluding hydrogens is 306 g/mol. The van der Waals surface area contributed by atoms with Gasteiger partial charge in [-0.15, -0.1) is 0 Å². The first-order valence-corrected chi connectivity index (χ1v) is 7.64. The van der Waals surface area contributed by atoms with Gasteiger partial charge in [-0.3, -0.25) is 4.79 Å². The molecule has 1 unspecified atom stereocenters. The minimum absolute atomic E-state index is 0.0764. The van der Waals surface area contributed by atoms with Gasteiger partial charge < -0.3 is 10.1 Å². The first kappa shape index (κ1) is 17.3. The van der Waals surface area contributed by atoms with E-state index >= 15 is 0 Å². The summed E-state index contributed by atoms with van der Waals surface area (Å²) in [4.78, 5) is 10.5. The van der Waals surface area contributed by atoms with Crippen LogP contribution in [0, 0.1) is 11.6 Å². The number of halogens is 2. The molecule has 1 atom stereocenters. The smallest absolute Gasteiger partial charge is 0.258 e. The third-order valence-corrected chi connectivity index (χ3v) is 3.62. The van der Waals surface area contributed by atoms with E-state index in [0.29, 0.717) is 6.42 Å². The SMILES string of the molecule is CCC(C)NC(=O)COc1ccc(S(N)(=O)=O)c(F)c1F. The van der Waals surface area contributed by atoms with Gasteiger partial charge in [0.2, 0.25) is 15.8 Å². The molecule has 0 aliphatic heterocycles.